The van der Waals surface area contributed by atoms with Crippen molar-refractivity contribution < 1.29 is 22.7 Å². The molecule has 2 aromatic rings. The van der Waals surface area contributed by atoms with E-state index in [4.69, 9.17) is 10.5 Å². The highest BCUT2D eigenvalue weighted by atomic mass is 79.9. The minimum absolute atomic E-state index is 0.185. The zero-order chi connectivity index (χ0) is 20.1. The number of rotatable bonds is 5. The van der Waals surface area contributed by atoms with Crippen molar-refractivity contribution in [2.75, 3.05) is 6.67 Å². The summed E-state index contributed by atoms with van der Waals surface area (Å²) in [5, 5.41) is 0. The molecule has 28 heavy (non-hydrogen) atoms. The third-order valence-electron chi connectivity index (χ3n) is 5.06. The second-order valence-corrected chi connectivity index (χ2v) is 7.82. The van der Waals surface area contributed by atoms with Gasteiger partial charge in [0, 0.05) is 28.6 Å². The van der Waals surface area contributed by atoms with Gasteiger partial charge in [-0.3, -0.25) is 9.78 Å². The van der Waals surface area contributed by atoms with Gasteiger partial charge in [0.1, 0.15) is 24.0 Å². The lowest BCUT2D eigenvalue weighted by molar-refractivity contribution is 0.0988. The molecular formula is C19H15BrF3N3O2. The first kappa shape index (κ1) is 18.9. The minimum atomic E-state index is -1.65. The topological polar surface area (TPSA) is 77.6 Å². The summed E-state index contributed by atoms with van der Waals surface area (Å²) in [6, 6.07) is 5.14. The van der Waals surface area contributed by atoms with Crippen LogP contribution in [-0.2, 0) is 16.7 Å². The normalized spacial score (nSPS) is 25.5. The molecule has 9 heteroatoms. The summed E-state index contributed by atoms with van der Waals surface area (Å²) in [7, 11) is 0. The Labute approximate surface area is 166 Å². The van der Waals surface area contributed by atoms with E-state index in [0.717, 1.165) is 6.07 Å². The average Bonchev–Trinajstić information content (AvgIpc) is 3.44. The maximum Gasteiger partial charge on any atom is 0.283 e. The van der Waals surface area contributed by atoms with Gasteiger partial charge in [-0.25, -0.2) is 18.2 Å². The second-order valence-electron chi connectivity index (χ2n) is 6.91. The molecular weight excluding hydrogens is 439 g/mol. The van der Waals surface area contributed by atoms with Crippen LogP contribution in [0.1, 0.15) is 28.0 Å². The number of ether oxygens (including phenoxy) is 1. The molecule has 5 nitrogen and oxygen atoms in total. The number of hydrogen-bond donors (Lipinski definition) is 1. The molecule has 146 valence electrons. The lowest BCUT2D eigenvalue weighted by atomic mass is 9.84. The van der Waals surface area contributed by atoms with Crippen molar-refractivity contribution in [3.8, 4) is 0 Å². The fourth-order valence-corrected chi connectivity index (χ4v) is 3.84. The van der Waals surface area contributed by atoms with Crippen LogP contribution in [0.2, 0.25) is 0 Å². The van der Waals surface area contributed by atoms with Crippen LogP contribution in [0, 0.1) is 17.6 Å². The highest BCUT2D eigenvalue weighted by molar-refractivity contribution is 9.10. The lowest BCUT2D eigenvalue weighted by Gasteiger charge is -2.31. The Kier molecular flexibility index (Phi) is 4.65. The van der Waals surface area contributed by atoms with E-state index >= 15 is 0 Å². The molecule has 2 aliphatic rings. The van der Waals surface area contributed by atoms with Gasteiger partial charge in [0.2, 0.25) is 0 Å². The van der Waals surface area contributed by atoms with Gasteiger partial charge in [-0.1, -0.05) is 0 Å². The molecule has 1 aliphatic heterocycles. The van der Waals surface area contributed by atoms with Gasteiger partial charge < -0.3 is 10.5 Å². The number of amidine groups is 1. The van der Waals surface area contributed by atoms with Crippen LogP contribution in [0.5, 0.6) is 0 Å². The number of ketones is 1. The molecule has 0 spiro atoms. The molecule has 1 saturated carbocycles. The molecule has 3 atom stereocenters. The number of aromatic nitrogens is 1. The number of aliphatic imine (C=N–C) groups is 1. The zero-order valence-electron chi connectivity index (χ0n) is 14.5. The number of nitrogens with zero attached hydrogens (tertiary/aromatic N) is 2. The van der Waals surface area contributed by atoms with Crippen LogP contribution in [0.25, 0.3) is 0 Å². The number of fused-ring (bicyclic) bond motifs is 1. The number of pyridine rings is 1. The fraction of sp³-hybridized carbons (Fsp3) is 0.316. The molecule has 4 rings (SSSR count). The van der Waals surface area contributed by atoms with Crippen LogP contribution in [0.15, 0.2) is 39.9 Å². The summed E-state index contributed by atoms with van der Waals surface area (Å²) >= 11 is 3.23. The molecule has 0 saturated heterocycles. The van der Waals surface area contributed by atoms with E-state index in [1.165, 1.54) is 18.3 Å². The Hall–Kier alpha value is -2.42. The molecule has 2 N–H and O–H groups in total. The first-order valence-corrected chi connectivity index (χ1v) is 9.34. The number of Topliss-reactive ketones (excluding diaryl/α,β-unsaturated/α-hetero) is 1. The number of carbonyl (C=O) groups is 1. The Balaban J connectivity index is 1.72. The van der Waals surface area contributed by atoms with E-state index in [0.29, 0.717) is 10.9 Å². The highest BCUT2D eigenvalue weighted by Gasteiger charge is 2.60. The largest absolute Gasteiger partial charge is 0.462 e. The summed E-state index contributed by atoms with van der Waals surface area (Å²) in [6.45, 7) is -1.06. The van der Waals surface area contributed by atoms with Crippen molar-refractivity contribution in [1.82, 2.24) is 4.98 Å². The Morgan fingerprint density at radius 1 is 1.36 bits per heavy atom. The van der Waals surface area contributed by atoms with Crippen molar-refractivity contribution >= 4 is 27.7 Å². The number of benzene rings is 1. The SMILES string of the molecule is NC1=N[C@](CF)(c2cc(CC(=O)c3ccc(Br)cn3)cc(F)c2F)[C@H]2C[C@H]2O1. The van der Waals surface area contributed by atoms with E-state index in [1.807, 2.05) is 0 Å². The predicted molar refractivity (Wildman–Crippen MR) is 98.6 cm³/mol. The maximum absolute atomic E-state index is 14.6. The third-order valence-corrected chi connectivity index (χ3v) is 5.53. The van der Waals surface area contributed by atoms with E-state index in [-0.39, 0.29) is 41.2 Å². The van der Waals surface area contributed by atoms with E-state index in [2.05, 4.69) is 25.9 Å². The number of halogens is 4. The van der Waals surface area contributed by atoms with Crippen molar-refractivity contribution in [3.05, 3.63) is 63.4 Å². The van der Waals surface area contributed by atoms with Gasteiger partial charge in [0.05, 0.1) is 0 Å². The number of alkyl halides is 1. The summed E-state index contributed by atoms with van der Waals surface area (Å²) in [6.07, 6.45) is 1.33. The van der Waals surface area contributed by atoms with Gasteiger partial charge in [-0.05, 0) is 52.2 Å². The summed E-state index contributed by atoms with van der Waals surface area (Å²) in [4.78, 5) is 20.5. The molecule has 0 unspecified atom stereocenters. The average molecular weight is 454 g/mol. The number of hydrogen-bond acceptors (Lipinski definition) is 5. The van der Waals surface area contributed by atoms with Gasteiger partial charge in [-0.2, -0.15) is 0 Å². The molecule has 1 aliphatic carbocycles. The fourth-order valence-electron chi connectivity index (χ4n) is 3.61. The Morgan fingerprint density at radius 2 is 2.14 bits per heavy atom. The maximum atomic E-state index is 14.6. The molecule has 0 radical (unpaired) electrons. The molecule has 0 amide bonds. The third kappa shape index (κ3) is 3.17. The van der Waals surface area contributed by atoms with Crippen LogP contribution in [0.4, 0.5) is 13.2 Å². The number of carbonyl (C=O) groups excluding carboxylic acids is 1. The number of nitrogens with two attached hydrogens (primary N) is 1. The first-order valence-electron chi connectivity index (χ1n) is 8.55. The molecule has 2 heterocycles. The standard InChI is InChI=1S/C19H15BrF3N3O2/c20-10-1-2-14(25-7-10)15(27)5-9-3-12(17(23)13(22)4-9)19(8-21)11-6-16(11)28-18(24)26-19/h1-4,7,11,16H,5-6,8H2,(H2,24,26)/t11-,16+,19-/m0/s1. The molecule has 1 aromatic carbocycles. The second kappa shape index (κ2) is 6.88. The molecule has 1 aromatic heterocycles. The van der Waals surface area contributed by atoms with Gasteiger partial charge in [0.25, 0.3) is 6.02 Å². The monoisotopic (exact) mass is 453 g/mol. The van der Waals surface area contributed by atoms with Gasteiger partial charge in [0.15, 0.2) is 17.4 Å². The van der Waals surface area contributed by atoms with Crippen LogP contribution < -0.4 is 5.73 Å². The van der Waals surface area contributed by atoms with Crippen LogP contribution >= 0.6 is 15.9 Å². The summed E-state index contributed by atoms with van der Waals surface area (Å²) in [5.74, 6) is -3.18. The van der Waals surface area contributed by atoms with Crippen molar-refractivity contribution in [2.45, 2.75) is 24.5 Å². The minimum Gasteiger partial charge on any atom is -0.462 e. The van der Waals surface area contributed by atoms with Crippen molar-refractivity contribution in [3.63, 3.8) is 0 Å². The van der Waals surface area contributed by atoms with E-state index < -0.39 is 29.8 Å². The predicted octanol–water partition coefficient (Wildman–Crippen LogP) is 3.45. The lowest BCUT2D eigenvalue weighted by Crippen LogP contribution is -2.40. The molecule has 0 bridgehead atoms. The van der Waals surface area contributed by atoms with Gasteiger partial charge in [-0.15, -0.1) is 0 Å². The Morgan fingerprint density at radius 3 is 2.82 bits per heavy atom. The Bertz CT molecular complexity index is 983. The van der Waals surface area contributed by atoms with E-state index in [9.17, 15) is 18.0 Å². The van der Waals surface area contributed by atoms with Crippen molar-refractivity contribution in [2.24, 2.45) is 16.6 Å². The van der Waals surface area contributed by atoms with Gasteiger partial charge >= 0.3 is 0 Å². The molecule has 1 fully saturated rings. The van der Waals surface area contributed by atoms with Crippen LogP contribution in [0.3, 0.4) is 0 Å². The zero-order valence-corrected chi connectivity index (χ0v) is 16.0. The summed E-state index contributed by atoms with van der Waals surface area (Å²) < 4.78 is 49.0. The summed E-state index contributed by atoms with van der Waals surface area (Å²) in [5.41, 5.74) is 4.11. The first-order chi connectivity index (χ1) is 13.3. The highest BCUT2D eigenvalue weighted by Crippen LogP contribution is 2.53. The quantitative estimate of drug-likeness (QED) is 0.703. The van der Waals surface area contributed by atoms with Crippen LogP contribution in [-0.4, -0.2) is 29.6 Å². The van der Waals surface area contributed by atoms with Crippen molar-refractivity contribution in [1.29, 1.82) is 0 Å². The van der Waals surface area contributed by atoms with E-state index in [1.54, 1.807) is 6.07 Å². The smallest absolute Gasteiger partial charge is 0.283 e.